The maximum absolute atomic E-state index is 12.0. The van der Waals surface area contributed by atoms with Crippen molar-refractivity contribution < 1.29 is 14.7 Å². The Morgan fingerprint density at radius 1 is 1.40 bits per heavy atom. The van der Waals surface area contributed by atoms with Gasteiger partial charge in [0.15, 0.2) is 0 Å². The van der Waals surface area contributed by atoms with E-state index in [1.807, 2.05) is 6.07 Å². The lowest BCUT2D eigenvalue weighted by atomic mass is 10.1. The molecule has 0 saturated heterocycles. The van der Waals surface area contributed by atoms with Crippen molar-refractivity contribution in [3.05, 3.63) is 54.7 Å². The number of rotatable bonds is 5. The van der Waals surface area contributed by atoms with Gasteiger partial charge in [-0.15, -0.1) is 6.58 Å². The highest BCUT2D eigenvalue weighted by molar-refractivity contribution is 5.99. The highest BCUT2D eigenvalue weighted by atomic mass is 16.4. The van der Waals surface area contributed by atoms with Crippen LogP contribution in [0.3, 0.4) is 0 Å². The highest BCUT2D eigenvalue weighted by Gasteiger charge is 2.19. The number of pyridine rings is 1. The van der Waals surface area contributed by atoms with Crippen molar-refractivity contribution in [3.8, 4) is 0 Å². The molecule has 1 aromatic heterocycles. The summed E-state index contributed by atoms with van der Waals surface area (Å²) >= 11 is 0. The average Bonchev–Trinajstić information content (AvgIpc) is 2.46. The summed E-state index contributed by atoms with van der Waals surface area (Å²) in [5, 5.41) is 12.3. The molecule has 0 spiro atoms. The normalized spacial score (nSPS) is 11.8. The fraction of sp³-hybridized carbons (Fsp3) is 0.133. The van der Waals surface area contributed by atoms with Gasteiger partial charge in [-0.2, -0.15) is 0 Å². The first-order valence-electron chi connectivity index (χ1n) is 6.11. The van der Waals surface area contributed by atoms with Crippen LogP contribution >= 0.6 is 0 Å². The van der Waals surface area contributed by atoms with Gasteiger partial charge < -0.3 is 10.4 Å². The van der Waals surface area contributed by atoms with Gasteiger partial charge in [0.1, 0.15) is 6.04 Å². The monoisotopic (exact) mass is 270 g/mol. The van der Waals surface area contributed by atoms with E-state index >= 15 is 0 Å². The van der Waals surface area contributed by atoms with Gasteiger partial charge in [0, 0.05) is 17.1 Å². The van der Waals surface area contributed by atoms with E-state index in [1.165, 1.54) is 6.08 Å². The maximum atomic E-state index is 12.0. The molecule has 0 aliphatic rings. The van der Waals surface area contributed by atoms with Gasteiger partial charge in [0.05, 0.1) is 5.52 Å². The number of benzene rings is 1. The molecule has 1 heterocycles. The minimum atomic E-state index is -1.08. The first-order chi connectivity index (χ1) is 9.61. The van der Waals surface area contributed by atoms with Crippen molar-refractivity contribution in [2.24, 2.45) is 0 Å². The molecule has 0 radical (unpaired) electrons. The average molecular weight is 270 g/mol. The van der Waals surface area contributed by atoms with E-state index < -0.39 is 17.9 Å². The van der Waals surface area contributed by atoms with Crippen molar-refractivity contribution in [2.45, 2.75) is 12.5 Å². The Morgan fingerprint density at radius 3 is 2.90 bits per heavy atom. The molecule has 2 N–H and O–H groups in total. The highest BCUT2D eigenvalue weighted by Crippen LogP contribution is 2.13. The van der Waals surface area contributed by atoms with Crippen LogP contribution in [0.4, 0.5) is 0 Å². The van der Waals surface area contributed by atoms with Gasteiger partial charge in [-0.3, -0.25) is 9.78 Å². The second-order valence-corrected chi connectivity index (χ2v) is 4.30. The number of hydrogen-bond acceptors (Lipinski definition) is 3. The van der Waals surface area contributed by atoms with Gasteiger partial charge in [0.25, 0.3) is 5.91 Å². The lowest BCUT2D eigenvalue weighted by Gasteiger charge is -2.12. The molecule has 0 saturated carbocycles. The molecule has 0 bridgehead atoms. The Hall–Kier alpha value is -2.69. The third-order valence-electron chi connectivity index (χ3n) is 2.87. The SMILES string of the molecule is C=CCC(NC(=O)c1ccc2ncccc2c1)C(=O)O. The standard InChI is InChI=1S/C15H14N2O3/c1-2-4-13(15(19)20)17-14(18)11-6-7-12-10(9-11)5-3-8-16-12/h2-3,5-9,13H,1,4H2,(H,17,18)(H,19,20). The van der Waals surface area contributed by atoms with Crippen molar-refractivity contribution in [1.29, 1.82) is 0 Å². The minimum Gasteiger partial charge on any atom is -0.480 e. The van der Waals surface area contributed by atoms with Crippen molar-refractivity contribution in [3.63, 3.8) is 0 Å². The smallest absolute Gasteiger partial charge is 0.326 e. The fourth-order valence-electron chi connectivity index (χ4n) is 1.85. The van der Waals surface area contributed by atoms with Gasteiger partial charge in [-0.05, 0) is 30.7 Å². The number of carboxylic acids is 1. The van der Waals surface area contributed by atoms with Crippen molar-refractivity contribution >= 4 is 22.8 Å². The predicted molar refractivity (Wildman–Crippen MR) is 75.4 cm³/mol. The Kier molecular flexibility index (Phi) is 4.10. The summed E-state index contributed by atoms with van der Waals surface area (Å²) in [5.41, 5.74) is 1.19. The molecule has 1 atom stereocenters. The molecule has 20 heavy (non-hydrogen) atoms. The largest absolute Gasteiger partial charge is 0.480 e. The number of nitrogens with one attached hydrogen (secondary N) is 1. The van der Waals surface area contributed by atoms with Crippen molar-refractivity contribution in [2.75, 3.05) is 0 Å². The van der Waals surface area contributed by atoms with E-state index in [0.29, 0.717) is 5.56 Å². The zero-order chi connectivity index (χ0) is 14.5. The number of carbonyl (C=O) groups is 2. The van der Waals surface area contributed by atoms with Crippen LogP contribution in [0, 0.1) is 0 Å². The quantitative estimate of drug-likeness (QED) is 0.814. The number of carbonyl (C=O) groups excluding carboxylic acids is 1. The lowest BCUT2D eigenvalue weighted by molar-refractivity contribution is -0.139. The summed E-state index contributed by atoms with van der Waals surface area (Å²) in [6, 6.07) is 7.69. The lowest BCUT2D eigenvalue weighted by Crippen LogP contribution is -2.40. The van der Waals surface area contributed by atoms with Crippen LogP contribution in [0.1, 0.15) is 16.8 Å². The molecule has 1 amide bonds. The topological polar surface area (TPSA) is 79.3 Å². The second-order valence-electron chi connectivity index (χ2n) is 4.30. The van der Waals surface area contributed by atoms with Crippen molar-refractivity contribution in [1.82, 2.24) is 10.3 Å². The fourth-order valence-corrected chi connectivity index (χ4v) is 1.85. The molecular formula is C15H14N2O3. The summed E-state index contributed by atoms with van der Waals surface area (Å²) < 4.78 is 0. The molecule has 2 rings (SSSR count). The molecule has 0 aliphatic heterocycles. The molecule has 0 fully saturated rings. The molecule has 1 unspecified atom stereocenters. The van der Waals surface area contributed by atoms with E-state index in [0.717, 1.165) is 10.9 Å². The number of nitrogens with zero attached hydrogens (tertiary/aromatic N) is 1. The Balaban J connectivity index is 2.22. The summed E-state index contributed by atoms with van der Waals surface area (Å²) in [6.07, 6.45) is 3.31. The van der Waals surface area contributed by atoms with Crippen LogP contribution in [0.25, 0.3) is 10.9 Å². The molecule has 5 heteroatoms. The molecule has 2 aromatic rings. The van der Waals surface area contributed by atoms with Crippen LogP contribution < -0.4 is 5.32 Å². The Labute approximate surface area is 115 Å². The zero-order valence-corrected chi connectivity index (χ0v) is 10.7. The van der Waals surface area contributed by atoms with Gasteiger partial charge in [-0.25, -0.2) is 4.79 Å². The number of carboxylic acid groups (broad SMARTS) is 1. The van der Waals surface area contributed by atoms with Crippen LogP contribution in [0.5, 0.6) is 0 Å². The van der Waals surface area contributed by atoms with Crippen LogP contribution in [0.15, 0.2) is 49.2 Å². The predicted octanol–water partition coefficient (Wildman–Crippen LogP) is 1.99. The summed E-state index contributed by atoms with van der Waals surface area (Å²) in [6.45, 7) is 3.48. The third kappa shape index (κ3) is 3.00. The van der Waals surface area contributed by atoms with Gasteiger partial charge in [0.2, 0.25) is 0 Å². The van der Waals surface area contributed by atoms with Crippen LogP contribution in [-0.2, 0) is 4.79 Å². The second kappa shape index (κ2) is 5.97. The molecule has 102 valence electrons. The number of hydrogen-bond donors (Lipinski definition) is 2. The van der Waals surface area contributed by atoms with E-state index in [4.69, 9.17) is 5.11 Å². The summed E-state index contributed by atoms with van der Waals surface area (Å²) in [4.78, 5) is 27.2. The first-order valence-corrected chi connectivity index (χ1v) is 6.11. The first kappa shape index (κ1) is 13.7. The Morgan fingerprint density at radius 2 is 2.20 bits per heavy atom. The van der Waals surface area contributed by atoms with E-state index in [-0.39, 0.29) is 6.42 Å². The van der Waals surface area contributed by atoms with Crippen LogP contribution in [-0.4, -0.2) is 28.0 Å². The number of aliphatic carboxylic acids is 1. The summed E-state index contributed by atoms with van der Waals surface area (Å²) in [7, 11) is 0. The zero-order valence-electron chi connectivity index (χ0n) is 10.7. The minimum absolute atomic E-state index is 0.177. The van der Waals surface area contributed by atoms with E-state index in [1.54, 1.807) is 30.5 Å². The van der Waals surface area contributed by atoms with Gasteiger partial charge >= 0.3 is 5.97 Å². The molecular weight excluding hydrogens is 256 g/mol. The number of aromatic nitrogens is 1. The molecule has 0 aliphatic carbocycles. The van der Waals surface area contributed by atoms with E-state index in [2.05, 4.69) is 16.9 Å². The number of fused-ring (bicyclic) bond motifs is 1. The van der Waals surface area contributed by atoms with E-state index in [9.17, 15) is 9.59 Å². The number of amides is 1. The Bertz CT molecular complexity index is 667. The van der Waals surface area contributed by atoms with Gasteiger partial charge in [-0.1, -0.05) is 12.1 Å². The molecule has 5 nitrogen and oxygen atoms in total. The van der Waals surface area contributed by atoms with Crippen LogP contribution in [0.2, 0.25) is 0 Å². The molecule has 1 aromatic carbocycles. The maximum Gasteiger partial charge on any atom is 0.326 e. The third-order valence-corrected chi connectivity index (χ3v) is 2.87. The summed E-state index contributed by atoms with van der Waals surface area (Å²) in [5.74, 6) is -1.51.